The van der Waals surface area contributed by atoms with E-state index in [2.05, 4.69) is 0 Å². The average Bonchev–Trinajstić information content (AvgIpc) is 2.11. The van der Waals surface area contributed by atoms with Gasteiger partial charge in [-0.1, -0.05) is 6.92 Å². The Hall–Kier alpha value is -0.770. The van der Waals surface area contributed by atoms with E-state index in [0.29, 0.717) is 6.54 Å². The van der Waals surface area contributed by atoms with E-state index in [1.54, 1.807) is 11.9 Å². The van der Waals surface area contributed by atoms with Gasteiger partial charge in [-0.2, -0.15) is 0 Å². The number of nitrogens with zero attached hydrogens (tertiary/aromatic N) is 1. The number of rotatable bonds is 3. The van der Waals surface area contributed by atoms with E-state index in [4.69, 9.17) is 10.5 Å². The summed E-state index contributed by atoms with van der Waals surface area (Å²) >= 11 is 0. The summed E-state index contributed by atoms with van der Waals surface area (Å²) in [6, 6.07) is 0.0878. The molecule has 0 heterocycles. The molecule has 2 N–H and O–H groups in total. The van der Waals surface area contributed by atoms with Crippen LogP contribution in [-0.4, -0.2) is 36.2 Å². The maximum atomic E-state index is 11.7. The van der Waals surface area contributed by atoms with Crippen LogP contribution in [0.15, 0.2) is 0 Å². The Morgan fingerprint density at radius 3 is 2.20 bits per heavy atom. The van der Waals surface area contributed by atoms with Gasteiger partial charge in [0.25, 0.3) is 0 Å². The summed E-state index contributed by atoms with van der Waals surface area (Å²) in [6.45, 7) is 10.1. The van der Waals surface area contributed by atoms with Crippen LogP contribution in [0.4, 0.5) is 4.79 Å². The number of hydrogen-bond acceptors (Lipinski definition) is 3. The molecule has 4 heteroatoms. The van der Waals surface area contributed by atoms with E-state index in [0.717, 1.165) is 0 Å². The second kappa shape index (κ2) is 5.35. The Bertz CT molecular complexity index is 211. The zero-order chi connectivity index (χ0) is 12.2. The molecule has 4 nitrogen and oxygen atoms in total. The smallest absolute Gasteiger partial charge is 0.410 e. The van der Waals surface area contributed by atoms with Crippen molar-refractivity contribution in [3.05, 3.63) is 0 Å². The van der Waals surface area contributed by atoms with Crippen LogP contribution < -0.4 is 5.73 Å². The van der Waals surface area contributed by atoms with Crippen molar-refractivity contribution in [3.63, 3.8) is 0 Å². The van der Waals surface area contributed by atoms with Gasteiger partial charge in [0.15, 0.2) is 0 Å². The van der Waals surface area contributed by atoms with Crippen LogP contribution in [0.5, 0.6) is 0 Å². The molecule has 0 fully saturated rings. The van der Waals surface area contributed by atoms with Crippen LogP contribution in [0.1, 0.15) is 34.6 Å². The molecule has 1 amide bonds. The van der Waals surface area contributed by atoms with E-state index in [-0.39, 0.29) is 18.1 Å². The molecule has 2 atom stereocenters. The van der Waals surface area contributed by atoms with Gasteiger partial charge in [0.2, 0.25) is 0 Å². The minimum atomic E-state index is -0.447. The first-order chi connectivity index (χ1) is 6.69. The van der Waals surface area contributed by atoms with Gasteiger partial charge in [0.05, 0.1) is 0 Å². The third kappa shape index (κ3) is 5.02. The topological polar surface area (TPSA) is 55.6 Å². The predicted octanol–water partition coefficient (Wildman–Crippen LogP) is 1.84. The molecule has 90 valence electrons. The molecule has 0 radical (unpaired) electrons. The van der Waals surface area contributed by atoms with Gasteiger partial charge < -0.3 is 15.4 Å². The van der Waals surface area contributed by atoms with Crippen molar-refractivity contribution in [2.75, 3.05) is 13.6 Å². The second-order valence-electron chi connectivity index (χ2n) is 5.04. The van der Waals surface area contributed by atoms with Crippen molar-refractivity contribution in [2.45, 2.75) is 46.3 Å². The highest BCUT2D eigenvalue weighted by Crippen LogP contribution is 2.13. The Labute approximate surface area is 92.8 Å². The fourth-order valence-corrected chi connectivity index (χ4v) is 1.08. The van der Waals surface area contributed by atoms with Crippen molar-refractivity contribution < 1.29 is 9.53 Å². The number of carbonyl (C=O) groups is 1. The average molecular weight is 216 g/mol. The molecular weight excluding hydrogens is 192 g/mol. The monoisotopic (exact) mass is 216 g/mol. The highest BCUT2D eigenvalue weighted by Gasteiger charge is 2.25. The normalized spacial score (nSPS) is 15.7. The number of hydrogen-bond donors (Lipinski definition) is 1. The van der Waals surface area contributed by atoms with Gasteiger partial charge >= 0.3 is 6.09 Å². The zero-order valence-electron chi connectivity index (χ0n) is 10.7. The quantitative estimate of drug-likeness (QED) is 0.783. The van der Waals surface area contributed by atoms with E-state index in [9.17, 15) is 4.79 Å². The molecule has 0 aromatic carbocycles. The number of amides is 1. The van der Waals surface area contributed by atoms with Gasteiger partial charge in [0, 0.05) is 13.1 Å². The molecule has 0 aromatic rings. The standard InChI is InChI=1S/C11H24N2O2/c1-8(7-12)9(2)13(6)10(14)15-11(3,4)5/h8-9H,7,12H2,1-6H3. The molecule has 0 aromatic heterocycles. The van der Waals surface area contributed by atoms with Gasteiger partial charge in [-0.05, 0) is 40.2 Å². The Kier molecular flexibility index (Phi) is 5.08. The maximum absolute atomic E-state index is 11.7. The van der Waals surface area contributed by atoms with E-state index in [1.165, 1.54) is 0 Å². The zero-order valence-corrected chi connectivity index (χ0v) is 10.7. The summed E-state index contributed by atoms with van der Waals surface area (Å²) < 4.78 is 5.26. The summed E-state index contributed by atoms with van der Waals surface area (Å²) in [5.41, 5.74) is 5.11. The molecule has 0 rings (SSSR count). The maximum Gasteiger partial charge on any atom is 0.410 e. The van der Waals surface area contributed by atoms with Gasteiger partial charge in [-0.25, -0.2) is 4.79 Å². The second-order valence-corrected chi connectivity index (χ2v) is 5.04. The Balaban J connectivity index is 4.32. The van der Waals surface area contributed by atoms with E-state index in [1.807, 2.05) is 34.6 Å². The lowest BCUT2D eigenvalue weighted by Gasteiger charge is -2.31. The lowest BCUT2D eigenvalue weighted by atomic mass is 10.0. The number of carbonyl (C=O) groups excluding carboxylic acids is 1. The fourth-order valence-electron chi connectivity index (χ4n) is 1.08. The molecule has 0 aliphatic rings. The van der Waals surface area contributed by atoms with E-state index < -0.39 is 5.60 Å². The molecule has 0 saturated heterocycles. The van der Waals surface area contributed by atoms with E-state index >= 15 is 0 Å². The first kappa shape index (κ1) is 14.2. The van der Waals surface area contributed by atoms with Crippen LogP contribution in [0, 0.1) is 5.92 Å². The molecule has 2 unspecified atom stereocenters. The lowest BCUT2D eigenvalue weighted by Crippen LogP contribution is -2.43. The summed E-state index contributed by atoms with van der Waals surface area (Å²) in [4.78, 5) is 13.3. The van der Waals surface area contributed by atoms with Crippen LogP contribution in [0.3, 0.4) is 0 Å². The Morgan fingerprint density at radius 1 is 1.40 bits per heavy atom. The molecule has 15 heavy (non-hydrogen) atoms. The Morgan fingerprint density at radius 2 is 1.87 bits per heavy atom. The summed E-state index contributed by atoms with van der Waals surface area (Å²) in [6.07, 6.45) is -0.296. The molecule has 0 saturated carbocycles. The van der Waals surface area contributed by atoms with Gasteiger partial charge in [-0.3, -0.25) is 0 Å². The third-order valence-corrected chi connectivity index (χ3v) is 2.49. The first-order valence-electron chi connectivity index (χ1n) is 5.35. The van der Waals surface area contributed by atoms with Crippen LogP contribution >= 0.6 is 0 Å². The van der Waals surface area contributed by atoms with Crippen molar-refractivity contribution in [1.29, 1.82) is 0 Å². The molecule has 0 bridgehead atoms. The minimum Gasteiger partial charge on any atom is -0.444 e. The molecule has 0 aliphatic heterocycles. The lowest BCUT2D eigenvalue weighted by molar-refractivity contribution is 0.0194. The van der Waals surface area contributed by atoms with Crippen molar-refractivity contribution >= 4 is 6.09 Å². The summed E-state index contributed by atoms with van der Waals surface area (Å²) in [5.74, 6) is 0.266. The first-order valence-corrected chi connectivity index (χ1v) is 5.35. The van der Waals surface area contributed by atoms with Crippen LogP contribution in [0.2, 0.25) is 0 Å². The minimum absolute atomic E-state index is 0.0878. The summed E-state index contributed by atoms with van der Waals surface area (Å²) in [5, 5.41) is 0. The summed E-state index contributed by atoms with van der Waals surface area (Å²) in [7, 11) is 1.74. The van der Waals surface area contributed by atoms with Crippen molar-refractivity contribution in [2.24, 2.45) is 11.7 Å². The fraction of sp³-hybridized carbons (Fsp3) is 0.909. The highest BCUT2D eigenvalue weighted by atomic mass is 16.6. The molecule has 0 aliphatic carbocycles. The highest BCUT2D eigenvalue weighted by molar-refractivity contribution is 5.68. The SMILES string of the molecule is CC(CN)C(C)N(C)C(=O)OC(C)(C)C. The predicted molar refractivity (Wildman–Crippen MR) is 61.7 cm³/mol. The van der Waals surface area contributed by atoms with Crippen molar-refractivity contribution in [1.82, 2.24) is 4.90 Å². The number of ether oxygens (including phenoxy) is 1. The van der Waals surface area contributed by atoms with Crippen molar-refractivity contribution in [3.8, 4) is 0 Å². The third-order valence-electron chi connectivity index (χ3n) is 2.49. The van der Waals surface area contributed by atoms with Crippen LogP contribution in [0.25, 0.3) is 0 Å². The van der Waals surface area contributed by atoms with Crippen LogP contribution in [-0.2, 0) is 4.74 Å². The largest absolute Gasteiger partial charge is 0.444 e. The molecule has 0 spiro atoms. The number of nitrogens with two attached hydrogens (primary N) is 1. The van der Waals surface area contributed by atoms with Gasteiger partial charge in [-0.15, -0.1) is 0 Å². The van der Waals surface area contributed by atoms with Gasteiger partial charge in [0.1, 0.15) is 5.60 Å². The molecular formula is C11H24N2O2.